The van der Waals surface area contributed by atoms with Gasteiger partial charge in [0.15, 0.2) is 11.2 Å². The van der Waals surface area contributed by atoms with Crippen molar-refractivity contribution in [2.45, 2.75) is 30.8 Å². The van der Waals surface area contributed by atoms with E-state index in [0.29, 0.717) is 0 Å². The van der Waals surface area contributed by atoms with Gasteiger partial charge in [0, 0.05) is 25.1 Å². The number of hydrogen-bond acceptors (Lipinski definition) is 3. The normalized spacial score (nSPS) is 20.7. The highest BCUT2D eigenvalue weighted by atomic mass is 32.2. The topological polar surface area (TPSA) is 37.4 Å². The fraction of sp³-hybridized carbons (Fsp3) is 0.429. The summed E-state index contributed by atoms with van der Waals surface area (Å²) in [6.45, 7) is 1.28. The van der Waals surface area contributed by atoms with Crippen molar-refractivity contribution in [3.8, 4) is 0 Å². The Morgan fingerprint density at radius 1 is 1.33 bits per heavy atom. The Hall–Kier alpha value is -1.50. The Kier molecular flexibility index (Phi) is 4.61. The van der Waals surface area contributed by atoms with Crippen LogP contribution in [-0.4, -0.2) is 33.9 Å². The van der Waals surface area contributed by atoms with E-state index in [4.69, 9.17) is 0 Å². The van der Waals surface area contributed by atoms with Gasteiger partial charge >= 0.3 is 6.18 Å². The molecule has 1 saturated heterocycles. The standard InChI is InChI=1S/C14H14F3NO2S/c1-9(19)21-11-7-12(20)18(8-11)13(14(15,16)17)10-5-3-2-4-6-10/h2-6,11,13H,7-8H2,1H3. The average molecular weight is 317 g/mol. The summed E-state index contributed by atoms with van der Waals surface area (Å²) in [5.74, 6) is -0.570. The highest BCUT2D eigenvalue weighted by Crippen LogP contribution is 2.41. The third kappa shape index (κ3) is 3.78. The van der Waals surface area contributed by atoms with Crippen LogP contribution in [0.5, 0.6) is 0 Å². The van der Waals surface area contributed by atoms with E-state index < -0.39 is 23.4 Å². The molecule has 21 heavy (non-hydrogen) atoms. The molecule has 1 heterocycles. The minimum absolute atomic E-state index is 0.0341. The van der Waals surface area contributed by atoms with Gasteiger partial charge < -0.3 is 4.90 Å². The van der Waals surface area contributed by atoms with E-state index in [-0.39, 0.29) is 23.6 Å². The Morgan fingerprint density at radius 2 is 1.95 bits per heavy atom. The average Bonchev–Trinajstić information content (AvgIpc) is 2.69. The summed E-state index contributed by atoms with van der Waals surface area (Å²) in [5.41, 5.74) is 0.0341. The molecule has 2 atom stereocenters. The fourth-order valence-electron chi connectivity index (χ4n) is 2.44. The van der Waals surface area contributed by atoms with Crippen LogP contribution >= 0.6 is 11.8 Å². The first-order valence-electron chi connectivity index (χ1n) is 6.37. The molecule has 2 rings (SSSR count). The zero-order valence-electron chi connectivity index (χ0n) is 11.3. The number of nitrogens with zero attached hydrogens (tertiary/aromatic N) is 1. The lowest BCUT2D eigenvalue weighted by Crippen LogP contribution is -2.39. The van der Waals surface area contributed by atoms with Gasteiger partial charge in [-0.05, 0) is 5.56 Å². The van der Waals surface area contributed by atoms with Gasteiger partial charge in [0.05, 0.1) is 0 Å². The number of alkyl halides is 3. The number of amides is 1. The molecule has 1 aromatic carbocycles. The van der Waals surface area contributed by atoms with Gasteiger partial charge in [0.1, 0.15) is 0 Å². The molecule has 1 fully saturated rings. The molecule has 0 aromatic heterocycles. The van der Waals surface area contributed by atoms with Crippen LogP contribution in [0.2, 0.25) is 0 Å². The molecule has 0 saturated carbocycles. The van der Waals surface area contributed by atoms with Crippen LogP contribution in [0.25, 0.3) is 0 Å². The lowest BCUT2D eigenvalue weighted by atomic mass is 10.1. The monoisotopic (exact) mass is 317 g/mol. The van der Waals surface area contributed by atoms with Crippen molar-refractivity contribution < 1.29 is 22.8 Å². The number of hydrogen-bond donors (Lipinski definition) is 0. The Morgan fingerprint density at radius 3 is 2.48 bits per heavy atom. The number of benzene rings is 1. The molecule has 1 aliphatic heterocycles. The van der Waals surface area contributed by atoms with Gasteiger partial charge in [-0.25, -0.2) is 0 Å². The van der Waals surface area contributed by atoms with Crippen molar-refractivity contribution >= 4 is 22.8 Å². The zero-order chi connectivity index (χ0) is 15.6. The quantitative estimate of drug-likeness (QED) is 0.859. The third-order valence-electron chi connectivity index (χ3n) is 3.19. The first kappa shape index (κ1) is 15.9. The highest BCUT2D eigenvalue weighted by molar-refractivity contribution is 8.14. The number of thioether (sulfide) groups is 1. The molecule has 1 amide bonds. The van der Waals surface area contributed by atoms with E-state index in [0.717, 1.165) is 16.7 Å². The lowest BCUT2D eigenvalue weighted by molar-refractivity contribution is -0.188. The van der Waals surface area contributed by atoms with Crippen molar-refractivity contribution in [3.63, 3.8) is 0 Å². The molecule has 0 aliphatic carbocycles. The first-order chi connectivity index (χ1) is 9.79. The molecular weight excluding hydrogens is 303 g/mol. The molecule has 0 N–H and O–H groups in total. The number of carbonyl (C=O) groups excluding carboxylic acids is 2. The molecule has 0 spiro atoms. The van der Waals surface area contributed by atoms with E-state index in [1.54, 1.807) is 6.07 Å². The molecule has 114 valence electrons. The Balaban J connectivity index is 2.27. The first-order valence-corrected chi connectivity index (χ1v) is 7.25. The van der Waals surface area contributed by atoms with E-state index >= 15 is 0 Å². The maximum atomic E-state index is 13.4. The molecule has 1 aromatic rings. The second kappa shape index (κ2) is 6.09. The van der Waals surface area contributed by atoms with Crippen LogP contribution in [0.3, 0.4) is 0 Å². The van der Waals surface area contributed by atoms with Crippen molar-refractivity contribution in [1.29, 1.82) is 0 Å². The highest BCUT2D eigenvalue weighted by Gasteiger charge is 2.49. The molecular formula is C14H14F3NO2S. The molecule has 0 radical (unpaired) electrons. The van der Waals surface area contributed by atoms with Crippen molar-refractivity contribution in [1.82, 2.24) is 4.90 Å². The van der Waals surface area contributed by atoms with Crippen LogP contribution in [0.15, 0.2) is 30.3 Å². The van der Waals surface area contributed by atoms with Crippen molar-refractivity contribution in [2.24, 2.45) is 0 Å². The van der Waals surface area contributed by atoms with E-state index in [1.807, 2.05) is 0 Å². The van der Waals surface area contributed by atoms with Crippen molar-refractivity contribution in [2.75, 3.05) is 6.54 Å². The van der Waals surface area contributed by atoms with Gasteiger partial charge in [0.25, 0.3) is 0 Å². The maximum Gasteiger partial charge on any atom is 0.413 e. The van der Waals surface area contributed by atoms with E-state index in [9.17, 15) is 22.8 Å². The van der Waals surface area contributed by atoms with Gasteiger partial charge in [0.2, 0.25) is 5.91 Å². The predicted molar refractivity (Wildman–Crippen MR) is 73.6 cm³/mol. The second-order valence-electron chi connectivity index (χ2n) is 4.84. The van der Waals surface area contributed by atoms with Crippen LogP contribution in [-0.2, 0) is 9.59 Å². The summed E-state index contributed by atoms with van der Waals surface area (Å²) >= 11 is 0.924. The number of likely N-dealkylation sites (tertiary alicyclic amines) is 1. The summed E-state index contributed by atoms with van der Waals surface area (Å²) in [5, 5.41) is -0.610. The van der Waals surface area contributed by atoms with E-state index in [1.165, 1.54) is 31.2 Å². The molecule has 2 unspecified atom stereocenters. The predicted octanol–water partition coefficient (Wildman–Crippen LogP) is 3.17. The van der Waals surface area contributed by atoms with Gasteiger partial charge in [-0.2, -0.15) is 13.2 Å². The smallest absolute Gasteiger partial charge is 0.326 e. The fourth-order valence-corrected chi connectivity index (χ4v) is 3.37. The summed E-state index contributed by atoms with van der Waals surface area (Å²) in [6, 6.07) is 5.40. The van der Waals surface area contributed by atoms with Crippen LogP contribution in [0, 0.1) is 0 Å². The van der Waals surface area contributed by atoms with Crippen molar-refractivity contribution in [3.05, 3.63) is 35.9 Å². The number of halogens is 3. The van der Waals surface area contributed by atoms with Gasteiger partial charge in [-0.1, -0.05) is 42.1 Å². The van der Waals surface area contributed by atoms with Crippen LogP contribution < -0.4 is 0 Å². The van der Waals surface area contributed by atoms with Gasteiger partial charge in [-0.3, -0.25) is 9.59 Å². The van der Waals surface area contributed by atoms with Gasteiger partial charge in [-0.15, -0.1) is 0 Å². The molecule has 3 nitrogen and oxygen atoms in total. The summed E-state index contributed by atoms with van der Waals surface area (Å²) in [4.78, 5) is 23.8. The minimum Gasteiger partial charge on any atom is -0.326 e. The summed E-state index contributed by atoms with van der Waals surface area (Å²) < 4.78 is 40.1. The molecule has 1 aliphatic rings. The maximum absolute atomic E-state index is 13.4. The minimum atomic E-state index is -4.55. The number of rotatable bonds is 3. The zero-order valence-corrected chi connectivity index (χ0v) is 12.1. The SMILES string of the molecule is CC(=O)SC1CC(=O)N(C(c2ccccc2)C(F)(F)F)C1. The molecule has 7 heteroatoms. The largest absolute Gasteiger partial charge is 0.413 e. The third-order valence-corrected chi connectivity index (χ3v) is 4.17. The summed E-state index contributed by atoms with van der Waals surface area (Å²) in [6.07, 6.45) is -4.59. The number of carbonyl (C=O) groups is 2. The molecule has 0 bridgehead atoms. The second-order valence-corrected chi connectivity index (χ2v) is 6.31. The van der Waals surface area contributed by atoms with Crippen LogP contribution in [0.1, 0.15) is 24.9 Å². The Labute approximate surface area is 124 Å². The lowest BCUT2D eigenvalue weighted by Gasteiger charge is -2.30. The summed E-state index contributed by atoms with van der Waals surface area (Å²) in [7, 11) is 0. The van der Waals surface area contributed by atoms with Crippen LogP contribution in [0.4, 0.5) is 13.2 Å². The van der Waals surface area contributed by atoms with E-state index in [2.05, 4.69) is 0 Å². The Bertz CT molecular complexity index is 533.